The minimum Gasteiger partial charge on any atom is -0.489 e. The predicted octanol–water partition coefficient (Wildman–Crippen LogP) is 5.20. The van der Waals surface area contributed by atoms with Crippen molar-refractivity contribution in [3.05, 3.63) is 29.3 Å². The van der Waals surface area contributed by atoms with Gasteiger partial charge in [-0.05, 0) is 56.7 Å². The summed E-state index contributed by atoms with van der Waals surface area (Å²) >= 11 is 0. The van der Waals surface area contributed by atoms with Crippen LogP contribution in [0.1, 0.15) is 77.3 Å². The number of ether oxygens (including phenoxy) is 1. The molecule has 0 fully saturated rings. The first-order valence-corrected chi connectivity index (χ1v) is 11.0. The summed E-state index contributed by atoms with van der Waals surface area (Å²) in [7, 11) is -4.11. The zero-order valence-electron chi connectivity index (χ0n) is 16.1. The molecule has 0 aliphatic heterocycles. The van der Waals surface area contributed by atoms with Gasteiger partial charge in [0.05, 0.1) is 0 Å². The van der Waals surface area contributed by atoms with Crippen LogP contribution in [0.5, 0.6) is 5.75 Å². The Bertz CT molecular complexity index is 610. The van der Waals surface area contributed by atoms with E-state index >= 15 is 0 Å². The molecule has 0 spiro atoms. The van der Waals surface area contributed by atoms with E-state index < -0.39 is 21.5 Å². The van der Waals surface area contributed by atoms with Crippen molar-refractivity contribution in [2.24, 2.45) is 0 Å². The van der Waals surface area contributed by atoms with Gasteiger partial charge in [-0.2, -0.15) is 8.42 Å². The fourth-order valence-electron chi connectivity index (χ4n) is 2.75. The summed E-state index contributed by atoms with van der Waals surface area (Å²) in [5.41, 5.74) is 2.33. The molecule has 0 radical (unpaired) electrons. The summed E-state index contributed by atoms with van der Waals surface area (Å²) in [4.78, 5) is 0. The van der Waals surface area contributed by atoms with Crippen LogP contribution in [0, 0.1) is 0 Å². The van der Waals surface area contributed by atoms with Gasteiger partial charge in [-0.3, -0.25) is 4.55 Å². The molecule has 0 heterocycles. The molecule has 1 aromatic carbocycles. The Hall–Kier alpha value is -1.07. The van der Waals surface area contributed by atoms with E-state index in [1.807, 2.05) is 6.07 Å². The molecule has 0 bridgehead atoms. The number of rotatable bonds is 12. The fourth-order valence-corrected chi connectivity index (χ4v) is 3.29. The Morgan fingerprint density at radius 2 is 1.60 bits per heavy atom. The van der Waals surface area contributed by atoms with E-state index in [0.717, 1.165) is 49.8 Å². The van der Waals surface area contributed by atoms with Crippen molar-refractivity contribution < 1.29 is 17.7 Å². The standard InChI is InChI=1S/C20H34O4S/c1-5-7-9-11-18-13-14-19(12-10-8-6-2)20(15-18)24-16(3)17(4)25(21,22)23/h13-17H,5-12H2,1-4H3,(H,21,22,23). The third-order valence-electron chi connectivity index (χ3n) is 4.69. The molecule has 25 heavy (non-hydrogen) atoms. The van der Waals surface area contributed by atoms with Gasteiger partial charge in [0.15, 0.2) is 0 Å². The Morgan fingerprint density at radius 3 is 2.16 bits per heavy atom. The molecule has 5 heteroatoms. The molecule has 2 atom stereocenters. The molecule has 144 valence electrons. The molecule has 1 N–H and O–H groups in total. The zero-order valence-corrected chi connectivity index (χ0v) is 16.9. The lowest BCUT2D eigenvalue weighted by atomic mass is 10.0. The average Bonchev–Trinajstić information content (AvgIpc) is 2.55. The second kappa shape index (κ2) is 10.8. The van der Waals surface area contributed by atoms with Gasteiger partial charge in [0.25, 0.3) is 10.1 Å². The van der Waals surface area contributed by atoms with Gasteiger partial charge in [0, 0.05) is 0 Å². The molecule has 0 amide bonds. The van der Waals surface area contributed by atoms with E-state index in [1.54, 1.807) is 6.92 Å². The lowest BCUT2D eigenvalue weighted by molar-refractivity contribution is 0.212. The highest BCUT2D eigenvalue weighted by atomic mass is 32.2. The van der Waals surface area contributed by atoms with Gasteiger partial charge in [-0.25, -0.2) is 0 Å². The molecule has 1 rings (SSSR count). The molecule has 0 aliphatic rings. The number of hydrogen-bond acceptors (Lipinski definition) is 3. The van der Waals surface area contributed by atoms with E-state index in [-0.39, 0.29) is 0 Å². The molecule has 2 unspecified atom stereocenters. The van der Waals surface area contributed by atoms with Crippen LogP contribution in [0.2, 0.25) is 0 Å². The number of hydrogen-bond donors (Lipinski definition) is 1. The van der Waals surface area contributed by atoms with Crippen LogP contribution in [0.15, 0.2) is 18.2 Å². The maximum Gasteiger partial charge on any atom is 0.271 e. The van der Waals surface area contributed by atoms with Crippen LogP contribution in [0.25, 0.3) is 0 Å². The second-order valence-corrected chi connectivity index (χ2v) is 8.67. The van der Waals surface area contributed by atoms with Gasteiger partial charge in [-0.15, -0.1) is 0 Å². The van der Waals surface area contributed by atoms with Crippen molar-refractivity contribution in [2.45, 2.75) is 90.4 Å². The van der Waals surface area contributed by atoms with Gasteiger partial charge in [0.2, 0.25) is 0 Å². The fraction of sp³-hybridized carbons (Fsp3) is 0.700. The van der Waals surface area contributed by atoms with Crippen molar-refractivity contribution in [2.75, 3.05) is 0 Å². The quantitative estimate of drug-likeness (QED) is 0.406. The molecular weight excluding hydrogens is 336 g/mol. The molecule has 1 aromatic rings. The largest absolute Gasteiger partial charge is 0.489 e. The highest BCUT2D eigenvalue weighted by Gasteiger charge is 2.26. The summed E-state index contributed by atoms with van der Waals surface area (Å²) in [6.45, 7) is 7.52. The van der Waals surface area contributed by atoms with Crippen LogP contribution in [-0.2, 0) is 23.0 Å². The first kappa shape index (κ1) is 22.0. The van der Waals surface area contributed by atoms with Gasteiger partial charge in [0.1, 0.15) is 17.1 Å². The Balaban J connectivity index is 2.93. The topological polar surface area (TPSA) is 63.6 Å². The third-order valence-corrected chi connectivity index (χ3v) is 6.02. The van der Waals surface area contributed by atoms with Crippen molar-refractivity contribution in [1.29, 1.82) is 0 Å². The SMILES string of the molecule is CCCCCc1ccc(CCCCC)c(OC(C)C(C)S(=O)(=O)O)c1. The van der Waals surface area contributed by atoms with Crippen LogP contribution in [0.3, 0.4) is 0 Å². The minimum atomic E-state index is -4.11. The average molecular weight is 371 g/mol. The number of unbranched alkanes of at least 4 members (excludes halogenated alkanes) is 4. The van der Waals surface area contributed by atoms with E-state index in [1.165, 1.54) is 25.3 Å². The first-order chi connectivity index (χ1) is 11.8. The summed E-state index contributed by atoms with van der Waals surface area (Å²) in [5.74, 6) is 0.758. The maximum atomic E-state index is 11.4. The highest BCUT2D eigenvalue weighted by molar-refractivity contribution is 7.86. The first-order valence-electron chi connectivity index (χ1n) is 9.54. The smallest absolute Gasteiger partial charge is 0.271 e. The summed E-state index contributed by atoms with van der Waals surface area (Å²) in [6, 6.07) is 6.31. The van der Waals surface area contributed by atoms with E-state index in [9.17, 15) is 13.0 Å². The molecule has 4 nitrogen and oxygen atoms in total. The monoisotopic (exact) mass is 370 g/mol. The molecule has 0 saturated carbocycles. The van der Waals surface area contributed by atoms with Gasteiger partial charge < -0.3 is 4.74 Å². The van der Waals surface area contributed by atoms with Crippen molar-refractivity contribution >= 4 is 10.1 Å². The maximum absolute atomic E-state index is 11.4. The van der Waals surface area contributed by atoms with E-state index in [4.69, 9.17) is 4.74 Å². The number of benzene rings is 1. The van der Waals surface area contributed by atoms with Crippen LogP contribution < -0.4 is 4.74 Å². The summed E-state index contributed by atoms with van der Waals surface area (Å²) in [6.07, 6.45) is 8.24. The summed E-state index contributed by atoms with van der Waals surface area (Å²) < 4.78 is 38.0. The van der Waals surface area contributed by atoms with Crippen molar-refractivity contribution in [3.63, 3.8) is 0 Å². The van der Waals surface area contributed by atoms with E-state index in [2.05, 4.69) is 26.0 Å². The van der Waals surface area contributed by atoms with Gasteiger partial charge in [-0.1, -0.05) is 51.7 Å². The normalized spacial score (nSPS) is 14.3. The number of aryl methyl sites for hydroxylation is 2. The van der Waals surface area contributed by atoms with Crippen LogP contribution in [0.4, 0.5) is 0 Å². The van der Waals surface area contributed by atoms with Crippen molar-refractivity contribution in [1.82, 2.24) is 0 Å². The van der Waals surface area contributed by atoms with Crippen LogP contribution in [-0.4, -0.2) is 24.3 Å². The highest BCUT2D eigenvalue weighted by Crippen LogP contribution is 2.26. The molecule has 0 aliphatic carbocycles. The predicted molar refractivity (Wildman–Crippen MR) is 104 cm³/mol. The second-order valence-electron chi connectivity index (χ2n) is 6.90. The van der Waals surface area contributed by atoms with E-state index in [0.29, 0.717) is 0 Å². The molecule has 0 aromatic heterocycles. The van der Waals surface area contributed by atoms with Crippen molar-refractivity contribution in [3.8, 4) is 5.75 Å². The third kappa shape index (κ3) is 7.78. The lowest BCUT2D eigenvalue weighted by Gasteiger charge is -2.22. The minimum absolute atomic E-state index is 0.606. The lowest BCUT2D eigenvalue weighted by Crippen LogP contribution is -2.33. The Kier molecular flexibility index (Phi) is 9.51. The zero-order chi connectivity index (χ0) is 18.9. The van der Waals surface area contributed by atoms with Gasteiger partial charge >= 0.3 is 0 Å². The molecular formula is C20H34O4S. The Labute approximate surface area is 153 Å². The molecule has 0 saturated heterocycles. The Morgan fingerprint density at radius 1 is 1.00 bits per heavy atom. The summed E-state index contributed by atoms with van der Waals surface area (Å²) in [5, 5.41) is -0.959. The van der Waals surface area contributed by atoms with Crippen LogP contribution >= 0.6 is 0 Å².